The summed E-state index contributed by atoms with van der Waals surface area (Å²) in [6, 6.07) is 33.2. The van der Waals surface area contributed by atoms with Crippen molar-refractivity contribution in [1.82, 2.24) is 4.98 Å². The summed E-state index contributed by atoms with van der Waals surface area (Å²) >= 11 is 0. The molecular weight excluding hydrogens is 625 g/mol. The van der Waals surface area contributed by atoms with E-state index in [0.717, 1.165) is 28.1 Å². The van der Waals surface area contributed by atoms with Crippen molar-refractivity contribution in [1.29, 1.82) is 0 Å². The van der Waals surface area contributed by atoms with Crippen LogP contribution in [0.5, 0.6) is 0 Å². The predicted molar refractivity (Wildman–Crippen MR) is 144 cm³/mol. The van der Waals surface area contributed by atoms with Crippen LogP contribution < -0.4 is 4.90 Å². The number of aryl methyl sites for hydroxylation is 1. The van der Waals surface area contributed by atoms with Crippen molar-refractivity contribution in [3.63, 3.8) is 0 Å². The number of aromatic nitrogens is 1. The van der Waals surface area contributed by atoms with Gasteiger partial charge in [0.1, 0.15) is 0 Å². The zero-order valence-electron chi connectivity index (χ0n) is 20.2. The molecule has 1 aliphatic rings. The van der Waals surface area contributed by atoms with Gasteiger partial charge in [-0.15, -0.1) is 23.8 Å². The second-order valence-corrected chi connectivity index (χ2v) is 8.66. The molecule has 1 N–H and O–H groups in total. The molecule has 0 amide bonds. The van der Waals surface area contributed by atoms with E-state index in [1.165, 1.54) is 47.3 Å². The number of hydrogen-bond donors (Lipinski definition) is 1. The second kappa shape index (κ2) is 10.4. The van der Waals surface area contributed by atoms with Gasteiger partial charge in [-0.25, -0.2) is 0 Å². The molecule has 0 saturated carbocycles. The van der Waals surface area contributed by atoms with Gasteiger partial charge in [0, 0.05) is 54.3 Å². The number of fused-ring (bicyclic) bond motifs is 3. The van der Waals surface area contributed by atoms with Crippen molar-refractivity contribution >= 4 is 44.5 Å². The fraction of sp³-hybridized carbons (Fsp3) is 0.0968. The number of aliphatic hydroxyl groups is 1. The predicted octanol–water partition coefficient (Wildman–Crippen LogP) is 7.98. The van der Waals surface area contributed by atoms with Crippen LogP contribution in [0.15, 0.2) is 96.8 Å². The summed E-state index contributed by atoms with van der Waals surface area (Å²) in [6.45, 7) is 4.99. The third-order valence-corrected chi connectivity index (χ3v) is 6.02. The first-order valence-corrected chi connectivity index (χ1v) is 11.5. The zero-order valence-corrected chi connectivity index (χ0v) is 22.6. The van der Waals surface area contributed by atoms with E-state index in [4.69, 9.17) is 10.1 Å². The average molecular weight is 650 g/mol. The van der Waals surface area contributed by atoms with Gasteiger partial charge in [-0.05, 0) is 56.7 Å². The van der Waals surface area contributed by atoms with Gasteiger partial charge in [0.25, 0.3) is 0 Å². The van der Waals surface area contributed by atoms with Crippen molar-refractivity contribution < 1.29 is 30.0 Å². The maximum absolute atomic E-state index is 10.0. The van der Waals surface area contributed by atoms with Gasteiger partial charge >= 0.3 is 0 Å². The number of carbonyl (C=O) groups excluding carboxylic acids is 1. The molecule has 0 bridgehead atoms. The van der Waals surface area contributed by atoms with Crippen molar-refractivity contribution in [2.75, 3.05) is 4.90 Å². The number of nitrogens with zero attached hydrogens (tertiary/aromatic N) is 2. The molecule has 181 valence electrons. The third kappa shape index (κ3) is 4.68. The number of benzene rings is 4. The van der Waals surface area contributed by atoms with E-state index in [0.29, 0.717) is 0 Å². The minimum absolute atomic E-state index is 0. The van der Waals surface area contributed by atoms with E-state index >= 15 is 0 Å². The third-order valence-electron chi connectivity index (χ3n) is 6.02. The second-order valence-electron chi connectivity index (χ2n) is 8.66. The molecule has 1 aromatic heterocycles. The van der Waals surface area contributed by atoms with Crippen molar-refractivity contribution in [2.45, 2.75) is 20.8 Å². The molecule has 0 atom stereocenters. The summed E-state index contributed by atoms with van der Waals surface area (Å²) in [4.78, 5) is 17.5. The Balaban J connectivity index is 0.000000338. The summed E-state index contributed by atoms with van der Waals surface area (Å²) in [6.07, 6.45) is 1.17. The summed E-state index contributed by atoms with van der Waals surface area (Å²) in [5.74, 6) is -0.0625. The number of aliphatic hydroxyl groups excluding tert-OH is 1. The Kier molecular flexibility index (Phi) is 7.35. The van der Waals surface area contributed by atoms with E-state index in [-0.39, 0.29) is 31.6 Å². The Labute approximate surface area is 224 Å². The van der Waals surface area contributed by atoms with Crippen LogP contribution in [-0.2, 0) is 24.9 Å². The maximum atomic E-state index is 10.0. The molecule has 5 aromatic rings. The minimum atomic E-state index is -0.125. The molecule has 0 fully saturated rings. The van der Waals surface area contributed by atoms with Crippen LogP contribution in [0.4, 0.5) is 17.1 Å². The van der Waals surface area contributed by atoms with Crippen LogP contribution in [0.3, 0.4) is 0 Å². The summed E-state index contributed by atoms with van der Waals surface area (Å²) < 4.78 is 0. The van der Waals surface area contributed by atoms with Crippen LogP contribution in [-0.4, -0.2) is 15.9 Å². The van der Waals surface area contributed by atoms with Crippen molar-refractivity contribution in [3.8, 4) is 11.3 Å². The monoisotopic (exact) mass is 650 g/mol. The first kappa shape index (κ1) is 25.3. The molecule has 0 spiro atoms. The molecule has 1 radical (unpaired) electrons. The zero-order chi connectivity index (χ0) is 24.5. The fourth-order valence-corrected chi connectivity index (χ4v) is 4.60. The molecule has 36 heavy (non-hydrogen) atoms. The van der Waals surface area contributed by atoms with E-state index in [1.807, 2.05) is 6.07 Å². The summed E-state index contributed by atoms with van der Waals surface area (Å²) in [5, 5.41) is 12.0. The average Bonchev–Trinajstić information content (AvgIpc) is 2.84. The molecule has 0 saturated heterocycles. The number of hydrogen-bond acceptors (Lipinski definition) is 4. The van der Waals surface area contributed by atoms with Gasteiger partial charge in [0.05, 0.1) is 11.3 Å². The van der Waals surface area contributed by atoms with E-state index in [9.17, 15) is 4.79 Å². The Morgan fingerprint density at radius 2 is 1.69 bits per heavy atom. The maximum Gasteiger partial charge on any atom is 0.155 e. The van der Waals surface area contributed by atoms with Crippen LogP contribution in [0.25, 0.3) is 32.9 Å². The van der Waals surface area contributed by atoms with Gasteiger partial charge in [-0.1, -0.05) is 53.2 Å². The normalized spacial score (nSPS) is 11.9. The SMILES string of the molecule is CC(=O)/C=C(/C)O.Cc1cccc2nc3c(cc12)N(c1ccccc1)c1cccc2cc[c-]c-3c12.[Ir]. The molecule has 0 unspecified atom stereocenters. The Hall–Kier alpha value is -3.79. The summed E-state index contributed by atoms with van der Waals surface area (Å²) in [5.41, 5.74) is 7.76. The van der Waals surface area contributed by atoms with Gasteiger partial charge < -0.3 is 10.0 Å². The first-order valence-electron chi connectivity index (χ1n) is 11.5. The van der Waals surface area contributed by atoms with Crippen molar-refractivity contribution in [3.05, 3.63) is 108 Å². The molecule has 0 aliphatic carbocycles. The number of anilines is 3. The fourth-order valence-electron chi connectivity index (χ4n) is 4.60. The largest absolute Gasteiger partial charge is 0.512 e. The summed E-state index contributed by atoms with van der Waals surface area (Å²) in [7, 11) is 0. The Morgan fingerprint density at radius 1 is 0.944 bits per heavy atom. The molecule has 5 heteroatoms. The standard InChI is InChI=1S/C26H17N2.C5H8O2.Ir/c1-17-8-5-14-22-21(17)16-24-26(27-22)20-13-6-9-18-10-7-15-23(25(18)20)28(24)19-11-3-2-4-12-19;1-4(6)3-5(2)7;/h2-12,14-16H,1H3;3,6H,1-2H3;/q-1;;/b;4-3-;. The Morgan fingerprint density at radius 3 is 2.39 bits per heavy atom. The smallest absolute Gasteiger partial charge is 0.155 e. The Bertz CT molecular complexity index is 1600. The number of rotatable bonds is 2. The van der Waals surface area contributed by atoms with Crippen LogP contribution in [0, 0.1) is 13.0 Å². The molecule has 6 rings (SSSR count). The molecule has 1 aliphatic heterocycles. The number of allylic oxidation sites excluding steroid dienone is 2. The van der Waals surface area contributed by atoms with E-state index in [2.05, 4.69) is 96.8 Å². The van der Waals surface area contributed by atoms with Crippen LogP contribution >= 0.6 is 0 Å². The van der Waals surface area contributed by atoms with E-state index in [1.54, 1.807) is 0 Å². The molecule has 2 heterocycles. The number of ketones is 1. The van der Waals surface area contributed by atoms with Crippen LogP contribution in [0.1, 0.15) is 19.4 Å². The number of pyridine rings is 1. The topological polar surface area (TPSA) is 53.4 Å². The van der Waals surface area contributed by atoms with Gasteiger partial charge in [-0.2, -0.15) is 0 Å². The quantitative estimate of drug-likeness (QED) is 0.117. The van der Waals surface area contributed by atoms with Gasteiger partial charge in [0.2, 0.25) is 0 Å². The first-order chi connectivity index (χ1) is 16.9. The molecular formula is C31H25IrN2O2-. The number of para-hydroxylation sites is 1. The molecule has 4 nitrogen and oxygen atoms in total. The van der Waals surface area contributed by atoms with Crippen LogP contribution in [0.2, 0.25) is 0 Å². The van der Waals surface area contributed by atoms with E-state index < -0.39 is 0 Å². The van der Waals surface area contributed by atoms with Gasteiger partial charge in [-0.3, -0.25) is 9.78 Å². The minimum Gasteiger partial charge on any atom is -0.512 e. The van der Waals surface area contributed by atoms with Gasteiger partial charge in [0.15, 0.2) is 5.78 Å². The number of carbonyl (C=O) groups is 1. The molecule has 4 aromatic carbocycles. The van der Waals surface area contributed by atoms with Crippen molar-refractivity contribution in [2.24, 2.45) is 0 Å².